The lowest BCUT2D eigenvalue weighted by atomic mass is 10.2. The molecule has 1 aromatic rings. The largest absolute Gasteiger partial charge is 0.511 e. The summed E-state index contributed by atoms with van der Waals surface area (Å²) in [6, 6.07) is 4.91. The van der Waals surface area contributed by atoms with E-state index in [1.165, 1.54) is 7.11 Å². The molecule has 0 bridgehead atoms. The van der Waals surface area contributed by atoms with Gasteiger partial charge in [0.2, 0.25) is 5.76 Å². The third-order valence-corrected chi connectivity index (χ3v) is 2.10. The average molecular weight is 243 g/mol. The Kier molecular flexibility index (Phi) is 4.19. The number of rotatable bonds is 3. The van der Waals surface area contributed by atoms with E-state index >= 15 is 0 Å². The van der Waals surface area contributed by atoms with E-state index in [4.69, 9.17) is 21.4 Å². The van der Waals surface area contributed by atoms with Gasteiger partial charge in [-0.1, -0.05) is 11.6 Å². The number of ether oxygens (including phenoxy) is 2. The Hall–Kier alpha value is -1.68. The fraction of sp³-hybridized carbons (Fsp3) is 0.182. The minimum atomic E-state index is -0.753. The quantitative estimate of drug-likeness (QED) is 0.503. The lowest BCUT2D eigenvalue weighted by Crippen LogP contribution is -2.11. The Morgan fingerprint density at radius 3 is 2.69 bits per heavy atom. The highest BCUT2D eigenvalue weighted by Gasteiger charge is 2.13. The van der Waals surface area contributed by atoms with Crippen molar-refractivity contribution < 1.29 is 19.4 Å². The second kappa shape index (κ2) is 5.42. The number of aliphatic hydroxyl groups is 1. The van der Waals surface area contributed by atoms with Crippen LogP contribution in [0.2, 0.25) is 5.02 Å². The fourth-order valence-electron chi connectivity index (χ4n) is 1.07. The smallest absolute Gasteiger partial charge is 0.377 e. The monoisotopic (exact) mass is 242 g/mol. The van der Waals surface area contributed by atoms with Gasteiger partial charge in [0.1, 0.15) is 12.0 Å². The molecule has 0 aliphatic rings. The zero-order valence-electron chi connectivity index (χ0n) is 8.86. The van der Waals surface area contributed by atoms with Crippen molar-refractivity contribution in [1.82, 2.24) is 0 Å². The minimum Gasteiger partial charge on any atom is -0.511 e. The molecular weight excluding hydrogens is 232 g/mol. The molecule has 4 nitrogen and oxygen atoms in total. The second-order valence-corrected chi connectivity index (χ2v) is 3.43. The third kappa shape index (κ3) is 2.90. The van der Waals surface area contributed by atoms with E-state index in [-0.39, 0.29) is 5.76 Å². The number of hydrogen-bond donors (Lipinski definition) is 1. The first-order valence-corrected chi connectivity index (χ1v) is 4.83. The van der Waals surface area contributed by atoms with Crippen LogP contribution in [0.1, 0.15) is 5.56 Å². The zero-order chi connectivity index (χ0) is 12.1. The van der Waals surface area contributed by atoms with E-state index in [1.54, 1.807) is 25.1 Å². The van der Waals surface area contributed by atoms with Crippen LogP contribution in [-0.2, 0) is 9.53 Å². The van der Waals surface area contributed by atoms with Gasteiger partial charge in [0.25, 0.3) is 0 Å². The van der Waals surface area contributed by atoms with Crippen LogP contribution in [0.3, 0.4) is 0 Å². The molecule has 1 N–H and O–H groups in total. The summed E-state index contributed by atoms with van der Waals surface area (Å²) in [7, 11) is 1.20. The molecule has 1 rings (SSSR count). The van der Waals surface area contributed by atoms with E-state index in [2.05, 4.69) is 4.74 Å². The van der Waals surface area contributed by atoms with Gasteiger partial charge < -0.3 is 14.6 Å². The summed E-state index contributed by atoms with van der Waals surface area (Å²) >= 11 is 5.77. The number of carbonyl (C=O) groups excluding carboxylic acids is 1. The van der Waals surface area contributed by atoms with Gasteiger partial charge in [0.05, 0.1) is 7.11 Å². The molecule has 86 valence electrons. The Labute approximate surface area is 98.1 Å². The number of carbonyl (C=O) groups is 1. The maximum Gasteiger partial charge on any atom is 0.377 e. The topological polar surface area (TPSA) is 55.8 Å². The van der Waals surface area contributed by atoms with Crippen LogP contribution in [0.5, 0.6) is 5.75 Å². The molecule has 0 saturated carbocycles. The highest BCUT2D eigenvalue weighted by atomic mass is 35.5. The second-order valence-electron chi connectivity index (χ2n) is 3.00. The van der Waals surface area contributed by atoms with Gasteiger partial charge in [-0.3, -0.25) is 0 Å². The molecule has 0 radical (unpaired) electrons. The molecule has 0 spiro atoms. The fourth-order valence-corrected chi connectivity index (χ4v) is 1.29. The number of methoxy groups -OCH3 is 1. The average Bonchev–Trinajstić information content (AvgIpc) is 2.27. The molecule has 5 heteroatoms. The van der Waals surface area contributed by atoms with Gasteiger partial charge in [-0.15, -0.1) is 0 Å². The summed E-state index contributed by atoms with van der Waals surface area (Å²) < 4.78 is 9.60. The summed E-state index contributed by atoms with van der Waals surface area (Å²) in [5.74, 6) is -0.611. The molecule has 1 aromatic carbocycles. The number of benzene rings is 1. The van der Waals surface area contributed by atoms with Gasteiger partial charge in [-0.25, -0.2) is 4.79 Å². The number of esters is 1. The van der Waals surface area contributed by atoms with Gasteiger partial charge in [-0.2, -0.15) is 0 Å². The van der Waals surface area contributed by atoms with E-state index < -0.39 is 5.97 Å². The lowest BCUT2D eigenvalue weighted by molar-refractivity contribution is -0.138. The van der Waals surface area contributed by atoms with Crippen LogP contribution in [0.4, 0.5) is 0 Å². The SMILES string of the molecule is COC(=O)/C(=C\O)Oc1ccc(Cl)cc1C. The van der Waals surface area contributed by atoms with E-state index in [9.17, 15) is 4.79 Å². The zero-order valence-corrected chi connectivity index (χ0v) is 9.62. The third-order valence-electron chi connectivity index (χ3n) is 1.86. The van der Waals surface area contributed by atoms with Gasteiger partial charge >= 0.3 is 5.97 Å². The standard InChI is InChI=1S/C11H11ClO4/c1-7-5-8(12)3-4-9(7)16-10(6-13)11(14)15-2/h3-6,13H,1-2H3/b10-6+. The Morgan fingerprint density at radius 2 is 2.19 bits per heavy atom. The molecule has 0 amide bonds. The van der Waals surface area contributed by atoms with Gasteiger partial charge in [0, 0.05) is 5.02 Å². The molecule has 0 unspecified atom stereocenters. The van der Waals surface area contributed by atoms with Crippen molar-refractivity contribution >= 4 is 17.6 Å². The van der Waals surface area contributed by atoms with Crippen molar-refractivity contribution in [3.05, 3.63) is 40.8 Å². The molecule has 0 atom stereocenters. The van der Waals surface area contributed by atoms with Crippen LogP contribution in [0.15, 0.2) is 30.2 Å². The van der Waals surface area contributed by atoms with Crippen LogP contribution in [0.25, 0.3) is 0 Å². The maximum atomic E-state index is 11.1. The van der Waals surface area contributed by atoms with Crippen molar-refractivity contribution in [3.63, 3.8) is 0 Å². The Balaban J connectivity index is 2.91. The summed E-state index contributed by atoms with van der Waals surface area (Å²) in [4.78, 5) is 11.1. The maximum absolute atomic E-state index is 11.1. The van der Waals surface area contributed by atoms with Gasteiger partial charge in [0.15, 0.2) is 0 Å². The highest BCUT2D eigenvalue weighted by molar-refractivity contribution is 6.30. The highest BCUT2D eigenvalue weighted by Crippen LogP contribution is 2.23. The predicted octanol–water partition coefficient (Wildman–Crippen LogP) is 2.60. The summed E-state index contributed by atoms with van der Waals surface area (Å²) in [6.07, 6.45) is 0.555. The molecule has 0 saturated heterocycles. The van der Waals surface area contributed by atoms with Crippen molar-refractivity contribution in [3.8, 4) is 5.75 Å². The normalized spacial score (nSPS) is 11.1. The number of aryl methyl sites for hydroxylation is 1. The lowest BCUT2D eigenvalue weighted by Gasteiger charge is -2.09. The van der Waals surface area contributed by atoms with Gasteiger partial charge in [-0.05, 0) is 30.7 Å². The van der Waals surface area contributed by atoms with Crippen molar-refractivity contribution in [1.29, 1.82) is 0 Å². The van der Waals surface area contributed by atoms with E-state index in [1.807, 2.05) is 0 Å². The van der Waals surface area contributed by atoms with Crippen molar-refractivity contribution in [2.45, 2.75) is 6.92 Å². The van der Waals surface area contributed by atoms with Crippen LogP contribution in [-0.4, -0.2) is 18.2 Å². The molecule has 0 aromatic heterocycles. The minimum absolute atomic E-state index is 0.284. The molecule has 0 aliphatic carbocycles. The van der Waals surface area contributed by atoms with E-state index in [0.29, 0.717) is 17.0 Å². The summed E-state index contributed by atoms with van der Waals surface area (Å²) in [6.45, 7) is 1.77. The molecule has 16 heavy (non-hydrogen) atoms. The first-order valence-electron chi connectivity index (χ1n) is 4.45. The first-order chi connectivity index (χ1) is 7.58. The van der Waals surface area contributed by atoms with Crippen molar-refractivity contribution in [2.75, 3.05) is 7.11 Å². The Bertz CT molecular complexity index is 426. The number of halogens is 1. The predicted molar refractivity (Wildman–Crippen MR) is 59.5 cm³/mol. The van der Waals surface area contributed by atoms with Crippen LogP contribution >= 0.6 is 11.6 Å². The summed E-state index contributed by atoms with van der Waals surface area (Å²) in [5.41, 5.74) is 0.746. The number of aliphatic hydroxyl groups excluding tert-OH is 1. The Morgan fingerprint density at radius 1 is 1.50 bits per heavy atom. The van der Waals surface area contributed by atoms with Crippen LogP contribution in [0, 0.1) is 6.92 Å². The summed E-state index contributed by atoms with van der Waals surface area (Å²) in [5, 5.41) is 9.39. The molecule has 0 heterocycles. The number of hydrogen-bond acceptors (Lipinski definition) is 4. The van der Waals surface area contributed by atoms with E-state index in [0.717, 1.165) is 5.56 Å². The van der Waals surface area contributed by atoms with Crippen LogP contribution < -0.4 is 4.74 Å². The molecular formula is C11H11ClO4. The first kappa shape index (κ1) is 12.4. The molecule has 0 aliphatic heterocycles. The van der Waals surface area contributed by atoms with Crippen molar-refractivity contribution in [2.24, 2.45) is 0 Å². The molecule has 0 fully saturated rings.